The van der Waals surface area contributed by atoms with Crippen LogP contribution in [0.3, 0.4) is 0 Å². The van der Waals surface area contributed by atoms with Crippen molar-refractivity contribution in [1.82, 2.24) is 9.80 Å². The minimum Gasteiger partial charge on any atom is -0.341 e. The predicted molar refractivity (Wildman–Crippen MR) is 104 cm³/mol. The lowest BCUT2D eigenvalue weighted by molar-refractivity contribution is -0.138. The van der Waals surface area contributed by atoms with Crippen LogP contribution in [0.15, 0.2) is 0 Å². The van der Waals surface area contributed by atoms with Crippen LogP contribution < -0.4 is 0 Å². The van der Waals surface area contributed by atoms with E-state index in [0.717, 1.165) is 70.9 Å². The van der Waals surface area contributed by atoms with Gasteiger partial charge in [0.25, 0.3) is 0 Å². The van der Waals surface area contributed by atoms with Crippen LogP contribution in [0.5, 0.6) is 0 Å². The second-order valence-corrected chi connectivity index (χ2v) is 7.50. The fraction of sp³-hybridized carbons (Fsp3) is 0.905. The Balaban J connectivity index is 2.59. The van der Waals surface area contributed by atoms with Crippen molar-refractivity contribution in [2.45, 2.75) is 85.5 Å². The molecule has 0 aromatic carbocycles. The molecular formula is C21H40N2O2. The average molecular weight is 353 g/mol. The summed E-state index contributed by atoms with van der Waals surface area (Å²) in [5, 5.41) is 0. The summed E-state index contributed by atoms with van der Waals surface area (Å²) in [5.41, 5.74) is 0. The van der Waals surface area contributed by atoms with E-state index in [4.69, 9.17) is 0 Å². The minimum atomic E-state index is 0.162. The first-order valence-corrected chi connectivity index (χ1v) is 10.7. The van der Waals surface area contributed by atoms with Crippen LogP contribution in [-0.2, 0) is 9.59 Å². The predicted octanol–water partition coefficient (Wildman–Crippen LogP) is 4.48. The van der Waals surface area contributed by atoms with Crippen molar-refractivity contribution >= 4 is 11.8 Å². The molecule has 1 aliphatic heterocycles. The molecule has 0 aliphatic carbocycles. The molecule has 1 aliphatic rings. The first kappa shape index (κ1) is 22.0. The summed E-state index contributed by atoms with van der Waals surface area (Å²) < 4.78 is 0. The Morgan fingerprint density at radius 2 is 1.12 bits per heavy atom. The van der Waals surface area contributed by atoms with Crippen molar-refractivity contribution < 1.29 is 9.59 Å². The molecule has 1 saturated heterocycles. The number of unbranched alkanes of at least 4 members (excludes halogenated alkanes) is 2. The van der Waals surface area contributed by atoms with Crippen LogP contribution in [0.4, 0.5) is 0 Å². The highest BCUT2D eigenvalue weighted by Crippen LogP contribution is 2.20. The molecule has 1 heterocycles. The van der Waals surface area contributed by atoms with Crippen molar-refractivity contribution in [2.75, 3.05) is 26.2 Å². The van der Waals surface area contributed by atoms with E-state index in [-0.39, 0.29) is 11.8 Å². The largest absolute Gasteiger partial charge is 0.341 e. The third-order valence-corrected chi connectivity index (χ3v) is 5.62. The second kappa shape index (κ2) is 12.3. The second-order valence-electron chi connectivity index (χ2n) is 7.50. The van der Waals surface area contributed by atoms with Gasteiger partial charge >= 0.3 is 0 Å². The van der Waals surface area contributed by atoms with Gasteiger partial charge in [-0.1, -0.05) is 53.4 Å². The molecule has 0 aromatic heterocycles. The number of amides is 2. The molecule has 0 saturated carbocycles. The fourth-order valence-corrected chi connectivity index (χ4v) is 3.78. The van der Waals surface area contributed by atoms with Crippen LogP contribution in [0.25, 0.3) is 0 Å². The summed E-state index contributed by atoms with van der Waals surface area (Å²) in [4.78, 5) is 29.7. The van der Waals surface area contributed by atoms with Gasteiger partial charge in [0.05, 0.1) is 0 Å². The van der Waals surface area contributed by atoms with Gasteiger partial charge in [-0.05, 0) is 32.1 Å². The van der Waals surface area contributed by atoms with Gasteiger partial charge in [0.15, 0.2) is 0 Å². The number of hydrogen-bond donors (Lipinski definition) is 0. The van der Waals surface area contributed by atoms with Gasteiger partial charge in [0, 0.05) is 38.0 Å². The maximum Gasteiger partial charge on any atom is 0.225 e. The number of rotatable bonds is 10. The monoisotopic (exact) mass is 352 g/mol. The van der Waals surface area contributed by atoms with Crippen molar-refractivity contribution in [3.05, 3.63) is 0 Å². The molecule has 0 N–H and O–H groups in total. The molecule has 0 unspecified atom stereocenters. The molecule has 4 heteroatoms. The third-order valence-electron chi connectivity index (χ3n) is 5.62. The van der Waals surface area contributed by atoms with Gasteiger partial charge in [0.2, 0.25) is 11.8 Å². The fourth-order valence-electron chi connectivity index (χ4n) is 3.78. The quantitative estimate of drug-likeness (QED) is 0.581. The van der Waals surface area contributed by atoms with E-state index in [1.165, 1.54) is 0 Å². The number of carbonyl (C=O) groups is 2. The Morgan fingerprint density at radius 3 is 1.44 bits per heavy atom. The van der Waals surface area contributed by atoms with E-state index in [2.05, 4.69) is 27.7 Å². The topological polar surface area (TPSA) is 40.6 Å². The molecule has 146 valence electrons. The zero-order chi connectivity index (χ0) is 18.7. The van der Waals surface area contributed by atoms with Crippen molar-refractivity contribution in [1.29, 1.82) is 0 Å². The Bertz CT molecular complexity index is 361. The van der Waals surface area contributed by atoms with E-state index in [1.807, 2.05) is 9.80 Å². The highest BCUT2D eigenvalue weighted by Gasteiger charge is 2.28. The number of carbonyl (C=O) groups excluding carboxylic acids is 2. The number of nitrogens with zero attached hydrogens (tertiary/aromatic N) is 2. The maximum atomic E-state index is 12.8. The standard InChI is InChI=1S/C21H40N2O2/c1-5-9-12-18(7-3)20(24)22-14-11-15-23(17-16-22)21(25)19(8-4)13-10-6-2/h18-19H,5-17H2,1-4H3/t18-,19-/m0/s1. The summed E-state index contributed by atoms with van der Waals surface area (Å²) in [6.07, 6.45) is 9.28. The third kappa shape index (κ3) is 6.99. The van der Waals surface area contributed by atoms with Gasteiger partial charge < -0.3 is 9.80 Å². The Hall–Kier alpha value is -1.06. The molecule has 2 amide bonds. The zero-order valence-corrected chi connectivity index (χ0v) is 17.1. The van der Waals surface area contributed by atoms with Gasteiger partial charge in [0.1, 0.15) is 0 Å². The smallest absolute Gasteiger partial charge is 0.225 e. The summed E-state index contributed by atoms with van der Waals surface area (Å²) in [7, 11) is 0. The highest BCUT2D eigenvalue weighted by atomic mass is 16.2. The Labute approximate surface area is 155 Å². The van der Waals surface area contributed by atoms with Crippen molar-refractivity contribution in [2.24, 2.45) is 11.8 Å². The molecule has 25 heavy (non-hydrogen) atoms. The van der Waals surface area contributed by atoms with Crippen molar-refractivity contribution in [3.8, 4) is 0 Å². The Kier molecular flexibility index (Phi) is 10.8. The SMILES string of the molecule is CCCC[C@H](CC)C(=O)N1CCCN(C(=O)[C@@H](CC)CCCC)CC1. The van der Waals surface area contributed by atoms with Crippen LogP contribution in [0.2, 0.25) is 0 Å². The van der Waals surface area contributed by atoms with E-state index in [9.17, 15) is 9.59 Å². The van der Waals surface area contributed by atoms with Gasteiger partial charge in [-0.25, -0.2) is 0 Å². The zero-order valence-electron chi connectivity index (χ0n) is 17.1. The molecule has 0 aromatic rings. The van der Waals surface area contributed by atoms with E-state index >= 15 is 0 Å². The maximum absolute atomic E-state index is 12.8. The lowest BCUT2D eigenvalue weighted by atomic mass is 9.97. The Morgan fingerprint density at radius 1 is 0.720 bits per heavy atom. The molecule has 1 rings (SSSR count). The molecule has 1 fully saturated rings. The molecule has 0 radical (unpaired) electrons. The number of hydrogen-bond acceptors (Lipinski definition) is 2. The first-order chi connectivity index (χ1) is 12.1. The van der Waals surface area contributed by atoms with E-state index < -0.39 is 0 Å². The van der Waals surface area contributed by atoms with Crippen LogP contribution >= 0.6 is 0 Å². The summed E-state index contributed by atoms with van der Waals surface area (Å²) in [6, 6.07) is 0. The van der Waals surface area contributed by atoms with Gasteiger partial charge in [-0.15, -0.1) is 0 Å². The summed E-state index contributed by atoms with van der Waals surface area (Å²) in [6.45, 7) is 11.6. The van der Waals surface area contributed by atoms with Crippen molar-refractivity contribution in [3.63, 3.8) is 0 Å². The first-order valence-electron chi connectivity index (χ1n) is 10.7. The summed E-state index contributed by atoms with van der Waals surface area (Å²) in [5.74, 6) is 0.942. The lowest BCUT2D eigenvalue weighted by Gasteiger charge is -2.27. The summed E-state index contributed by atoms with van der Waals surface area (Å²) >= 11 is 0. The van der Waals surface area contributed by atoms with Gasteiger partial charge in [-0.3, -0.25) is 9.59 Å². The minimum absolute atomic E-state index is 0.162. The molecule has 2 atom stereocenters. The molecule has 4 nitrogen and oxygen atoms in total. The average Bonchev–Trinajstić information content (AvgIpc) is 2.88. The lowest BCUT2D eigenvalue weighted by Crippen LogP contribution is -2.41. The molecular weight excluding hydrogens is 312 g/mol. The van der Waals surface area contributed by atoms with Crippen LogP contribution in [0.1, 0.15) is 85.5 Å². The van der Waals surface area contributed by atoms with Crippen LogP contribution in [0, 0.1) is 11.8 Å². The van der Waals surface area contributed by atoms with E-state index in [0.29, 0.717) is 24.9 Å². The van der Waals surface area contributed by atoms with Crippen LogP contribution in [-0.4, -0.2) is 47.8 Å². The highest BCUT2D eigenvalue weighted by molar-refractivity contribution is 5.80. The van der Waals surface area contributed by atoms with E-state index in [1.54, 1.807) is 0 Å². The molecule has 0 spiro atoms. The molecule has 0 bridgehead atoms. The normalized spacial score (nSPS) is 17.9. The van der Waals surface area contributed by atoms with Gasteiger partial charge in [-0.2, -0.15) is 0 Å².